The van der Waals surface area contributed by atoms with Gasteiger partial charge in [-0.1, -0.05) is 38.8 Å². The van der Waals surface area contributed by atoms with E-state index in [1.807, 2.05) is 0 Å². The number of anilines is 1. The Balaban J connectivity index is 2.01. The van der Waals surface area contributed by atoms with Crippen molar-refractivity contribution in [2.45, 2.75) is 45.8 Å². The van der Waals surface area contributed by atoms with Crippen molar-refractivity contribution in [3.8, 4) is 0 Å². The number of hydrogen-bond acceptors (Lipinski definition) is 2. The van der Waals surface area contributed by atoms with Gasteiger partial charge in [-0.2, -0.15) is 0 Å². The molecule has 1 saturated carbocycles. The number of benzene rings is 1. The first kappa shape index (κ1) is 13.4. The lowest BCUT2D eigenvalue weighted by atomic mass is 9.78. The first-order valence-electron chi connectivity index (χ1n) is 7.05. The molecule has 1 fully saturated rings. The highest BCUT2D eigenvalue weighted by Crippen LogP contribution is 2.31. The molecule has 1 aromatic rings. The number of hydrogen-bond donors (Lipinski definition) is 1. The zero-order chi connectivity index (χ0) is 13.0. The fourth-order valence-electron chi connectivity index (χ4n) is 2.92. The average molecular weight is 247 g/mol. The maximum absolute atomic E-state index is 5.18. The van der Waals surface area contributed by atoms with Crippen molar-refractivity contribution in [2.75, 3.05) is 12.4 Å². The molecule has 1 aliphatic carbocycles. The van der Waals surface area contributed by atoms with Crippen LogP contribution in [0.2, 0.25) is 0 Å². The van der Waals surface area contributed by atoms with Crippen LogP contribution < -0.4 is 5.32 Å². The van der Waals surface area contributed by atoms with E-state index in [4.69, 9.17) is 4.74 Å². The van der Waals surface area contributed by atoms with Gasteiger partial charge in [-0.05, 0) is 36.0 Å². The second kappa shape index (κ2) is 6.24. The van der Waals surface area contributed by atoms with E-state index in [0.717, 1.165) is 11.8 Å². The van der Waals surface area contributed by atoms with E-state index in [1.54, 1.807) is 7.11 Å². The first-order valence-corrected chi connectivity index (χ1v) is 7.05. The molecule has 0 bridgehead atoms. The zero-order valence-corrected chi connectivity index (χ0v) is 11.8. The Morgan fingerprint density at radius 2 is 2.11 bits per heavy atom. The van der Waals surface area contributed by atoms with Gasteiger partial charge in [-0.25, -0.2) is 0 Å². The zero-order valence-electron chi connectivity index (χ0n) is 11.8. The van der Waals surface area contributed by atoms with Crippen LogP contribution in [0, 0.1) is 11.8 Å². The van der Waals surface area contributed by atoms with Crippen molar-refractivity contribution in [2.24, 2.45) is 11.8 Å². The van der Waals surface area contributed by atoms with Crippen LogP contribution in [0.5, 0.6) is 0 Å². The highest BCUT2D eigenvalue weighted by atomic mass is 16.5. The first-order chi connectivity index (χ1) is 8.70. The van der Waals surface area contributed by atoms with E-state index in [-0.39, 0.29) is 0 Å². The molecule has 0 saturated heterocycles. The molecule has 1 aromatic carbocycles. The van der Waals surface area contributed by atoms with Crippen molar-refractivity contribution >= 4 is 5.69 Å². The van der Waals surface area contributed by atoms with Crippen molar-refractivity contribution < 1.29 is 4.74 Å². The predicted octanol–water partition coefficient (Wildman–Crippen LogP) is 4.07. The lowest BCUT2D eigenvalue weighted by Crippen LogP contribution is -2.34. The third-order valence-corrected chi connectivity index (χ3v) is 4.30. The van der Waals surface area contributed by atoms with Crippen molar-refractivity contribution in [3.63, 3.8) is 0 Å². The van der Waals surface area contributed by atoms with Gasteiger partial charge in [0.25, 0.3) is 0 Å². The van der Waals surface area contributed by atoms with Crippen LogP contribution in [-0.4, -0.2) is 13.2 Å². The standard InChI is InChI=1S/C16H25NO/c1-12-6-4-9-16(13(12)2)17-15-8-5-7-14(10-15)11-18-3/h5,7-8,10,12-13,16-17H,4,6,9,11H2,1-3H3. The minimum Gasteiger partial charge on any atom is -0.382 e. The summed E-state index contributed by atoms with van der Waals surface area (Å²) < 4.78 is 5.18. The molecule has 100 valence electrons. The monoisotopic (exact) mass is 247 g/mol. The lowest BCUT2D eigenvalue weighted by Gasteiger charge is -2.35. The van der Waals surface area contributed by atoms with Crippen LogP contribution in [0.15, 0.2) is 24.3 Å². The second-order valence-corrected chi connectivity index (χ2v) is 5.65. The van der Waals surface area contributed by atoms with Gasteiger partial charge in [-0.15, -0.1) is 0 Å². The smallest absolute Gasteiger partial charge is 0.0713 e. The molecule has 2 rings (SSSR count). The molecule has 0 radical (unpaired) electrons. The van der Waals surface area contributed by atoms with Crippen LogP contribution in [-0.2, 0) is 11.3 Å². The Hall–Kier alpha value is -1.02. The summed E-state index contributed by atoms with van der Waals surface area (Å²) in [5.41, 5.74) is 2.47. The van der Waals surface area contributed by atoms with E-state index in [1.165, 1.54) is 30.5 Å². The molecular formula is C16H25NO. The van der Waals surface area contributed by atoms with Crippen LogP contribution >= 0.6 is 0 Å². The average Bonchev–Trinajstić information content (AvgIpc) is 2.36. The molecule has 18 heavy (non-hydrogen) atoms. The Labute approximate surface area is 111 Å². The van der Waals surface area contributed by atoms with Crippen molar-refractivity contribution in [3.05, 3.63) is 29.8 Å². The fourth-order valence-corrected chi connectivity index (χ4v) is 2.92. The van der Waals surface area contributed by atoms with Gasteiger partial charge in [0.2, 0.25) is 0 Å². The van der Waals surface area contributed by atoms with Gasteiger partial charge in [0, 0.05) is 18.8 Å². The highest BCUT2D eigenvalue weighted by molar-refractivity contribution is 5.46. The van der Waals surface area contributed by atoms with E-state index in [9.17, 15) is 0 Å². The highest BCUT2D eigenvalue weighted by Gasteiger charge is 2.26. The van der Waals surface area contributed by atoms with Crippen molar-refractivity contribution in [1.29, 1.82) is 0 Å². The van der Waals surface area contributed by atoms with E-state index < -0.39 is 0 Å². The minimum atomic E-state index is 0.617. The molecule has 3 atom stereocenters. The summed E-state index contributed by atoms with van der Waals surface area (Å²) in [7, 11) is 1.74. The molecule has 0 amide bonds. The predicted molar refractivity (Wildman–Crippen MR) is 76.7 cm³/mol. The van der Waals surface area contributed by atoms with Gasteiger partial charge in [0.05, 0.1) is 6.61 Å². The normalized spacial score (nSPS) is 28.1. The molecule has 0 aliphatic heterocycles. The van der Waals surface area contributed by atoms with E-state index in [0.29, 0.717) is 12.6 Å². The molecule has 2 heteroatoms. The maximum Gasteiger partial charge on any atom is 0.0713 e. The summed E-state index contributed by atoms with van der Waals surface area (Å²) in [6.45, 7) is 5.44. The number of methoxy groups -OCH3 is 1. The summed E-state index contributed by atoms with van der Waals surface area (Å²) in [6.07, 6.45) is 4.02. The van der Waals surface area contributed by atoms with Crippen molar-refractivity contribution in [1.82, 2.24) is 0 Å². The third-order valence-electron chi connectivity index (χ3n) is 4.30. The molecule has 1 N–H and O–H groups in total. The molecule has 0 aromatic heterocycles. The lowest BCUT2D eigenvalue weighted by molar-refractivity contribution is 0.185. The molecule has 3 unspecified atom stereocenters. The van der Waals surface area contributed by atoms with E-state index in [2.05, 4.69) is 43.4 Å². The minimum absolute atomic E-state index is 0.617. The molecule has 0 heterocycles. The molecule has 0 spiro atoms. The maximum atomic E-state index is 5.18. The van der Waals surface area contributed by atoms with Gasteiger partial charge < -0.3 is 10.1 Å². The van der Waals surface area contributed by atoms with Crippen LogP contribution in [0.25, 0.3) is 0 Å². The topological polar surface area (TPSA) is 21.3 Å². The Bertz CT molecular complexity index is 377. The summed E-state index contributed by atoms with van der Waals surface area (Å²) in [5, 5.41) is 3.70. The largest absolute Gasteiger partial charge is 0.382 e. The van der Waals surface area contributed by atoms with Crippen LogP contribution in [0.4, 0.5) is 5.69 Å². The third kappa shape index (κ3) is 3.26. The fraction of sp³-hybridized carbons (Fsp3) is 0.625. The number of ether oxygens (including phenoxy) is 1. The van der Waals surface area contributed by atoms with Crippen LogP contribution in [0.1, 0.15) is 38.7 Å². The molecular weight excluding hydrogens is 222 g/mol. The van der Waals surface area contributed by atoms with Crippen LogP contribution in [0.3, 0.4) is 0 Å². The summed E-state index contributed by atoms with van der Waals surface area (Å²) in [6, 6.07) is 9.20. The molecule has 2 nitrogen and oxygen atoms in total. The van der Waals surface area contributed by atoms with Gasteiger partial charge >= 0.3 is 0 Å². The number of nitrogens with one attached hydrogen (secondary N) is 1. The summed E-state index contributed by atoms with van der Waals surface area (Å²) >= 11 is 0. The van der Waals surface area contributed by atoms with Gasteiger partial charge in [0.15, 0.2) is 0 Å². The summed E-state index contributed by atoms with van der Waals surface area (Å²) in [4.78, 5) is 0. The van der Waals surface area contributed by atoms with E-state index >= 15 is 0 Å². The Kier molecular flexibility index (Phi) is 4.65. The summed E-state index contributed by atoms with van der Waals surface area (Å²) in [5.74, 6) is 1.59. The van der Waals surface area contributed by atoms with Gasteiger partial charge in [0.1, 0.15) is 0 Å². The quantitative estimate of drug-likeness (QED) is 0.866. The second-order valence-electron chi connectivity index (χ2n) is 5.65. The SMILES string of the molecule is COCc1cccc(NC2CCCC(C)C2C)c1. The number of rotatable bonds is 4. The van der Waals surface area contributed by atoms with Gasteiger partial charge in [-0.3, -0.25) is 0 Å². The molecule has 1 aliphatic rings. The Morgan fingerprint density at radius 3 is 2.89 bits per heavy atom. The Morgan fingerprint density at radius 1 is 1.28 bits per heavy atom.